The first-order valence-corrected chi connectivity index (χ1v) is 8.80. The lowest BCUT2D eigenvalue weighted by molar-refractivity contribution is -0.116. The SMILES string of the molecule is COc1ccccc1C1CNCCN1CCC(=O)Nc1cccc(F)c1. The molecule has 1 heterocycles. The minimum Gasteiger partial charge on any atom is -0.496 e. The molecule has 2 aromatic rings. The molecular weight excluding hydrogens is 333 g/mol. The highest BCUT2D eigenvalue weighted by Gasteiger charge is 2.26. The quantitative estimate of drug-likeness (QED) is 0.835. The summed E-state index contributed by atoms with van der Waals surface area (Å²) in [4.78, 5) is 14.5. The summed E-state index contributed by atoms with van der Waals surface area (Å²) in [5.41, 5.74) is 1.60. The number of anilines is 1. The van der Waals surface area contributed by atoms with Crippen LogP contribution in [0, 0.1) is 5.82 Å². The van der Waals surface area contributed by atoms with Gasteiger partial charge in [0.1, 0.15) is 11.6 Å². The second-order valence-electron chi connectivity index (χ2n) is 6.31. The van der Waals surface area contributed by atoms with E-state index < -0.39 is 0 Å². The Morgan fingerprint density at radius 2 is 2.15 bits per heavy atom. The largest absolute Gasteiger partial charge is 0.496 e. The Bertz CT molecular complexity index is 753. The van der Waals surface area contributed by atoms with Crippen LogP contribution in [-0.4, -0.2) is 44.1 Å². The fraction of sp³-hybridized carbons (Fsp3) is 0.350. The van der Waals surface area contributed by atoms with Crippen LogP contribution < -0.4 is 15.4 Å². The van der Waals surface area contributed by atoms with Crippen molar-refractivity contribution in [2.75, 3.05) is 38.6 Å². The average molecular weight is 357 g/mol. The first-order chi connectivity index (χ1) is 12.7. The molecule has 1 unspecified atom stereocenters. The van der Waals surface area contributed by atoms with E-state index in [4.69, 9.17) is 4.74 Å². The van der Waals surface area contributed by atoms with Crippen molar-refractivity contribution in [1.82, 2.24) is 10.2 Å². The van der Waals surface area contributed by atoms with Crippen molar-refractivity contribution in [3.63, 3.8) is 0 Å². The number of nitrogens with zero attached hydrogens (tertiary/aromatic N) is 1. The molecule has 1 aliphatic heterocycles. The molecule has 0 saturated carbocycles. The molecule has 0 bridgehead atoms. The van der Waals surface area contributed by atoms with Crippen molar-refractivity contribution in [3.8, 4) is 5.75 Å². The van der Waals surface area contributed by atoms with Crippen LogP contribution in [0.5, 0.6) is 5.75 Å². The van der Waals surface area contributed by atoms with E-state index in [1.165, 1.54) is 12.1 Å². The number of para-hydroxylation sites is 1. The number of piperazine rings is 1. The molecule has 1 fully saturated rings. The summed E-state index contributed by atoms with van der Waals surface area (Å²) in [7, 11) is 1.67. The molecule has 1 atom stereocenters. The van der Waals surface area contributed by atoms with Crippen LogP contribution in [0.1, 0.15) is 18.0 Å². The summed E-state index contributed by atoms with van der Waals surface area (Å²) in [5.74, 6) is 0.379. The van der Waals surface area contributed by atoms with Gasteiger partial charge in [0.05, 0.1) is 13.2 Å². The highest BCUT2D eigenvalue weighted by Crippen LogP contribution is 2.30. The van der Waals surface area contributed by atoms with Crippen molar-refractivity contribution < 1.29 is 13.9 Å². The predicted molar refractivity (Wildman–Crippen MR) is 99.8 cm³/mol. The number of amides is 1. The molecule has 5 nitrogen and oxygen atoms in total. The molecule has 1 saturated heterocycles. The maximum Gasteiger partial charge on any atom is 0.225 e. The van der Waals surface area contributed by atoms with Gasteiger partial charge in [-0.2, -0.15) is 0 Å². The zero-order valence-corrected chi connectivity index (χ0v) is 14.9. The van der Waals surface area contributed by atoms with Gasteiger partial charge in [-0.1, -0.05) is 24.3 Å². The van der Waals surface area contributed by atoms with Crippen molar-refractivity contribution in [1.29, 1.82) is 0 Å². The van der Waals surface area contributed by atoms with Crippen LogP contribution in [-0.2, 0) is 4.79 Å². The van der Waals surface area contributed by atoms with E-state index in [0.717, 1.165) is 30.9 Å². The predicted octanol–water partition coefficient (Wildman–Crippen LogP) is 2.81. The fourth-order valence-electron chi connectivity index (χ4n) is 3.30. The summed E-state index contributed by atoms with van der Waals surface area (Å²) >= 11 is 0. The van der Waals surface area contributed by atoms with E-state index in [2.05, 4.69) is 21.6 Å². The van der Waals surface area contributed by atoms with Gasteiger partial charge in [-0.3, -0.25) is 9.69 Å². The minimum absolute atomic E-state index is 0.118. The summed E-state index contributed by atoms with van der Waals surface area (Å²) in [6.45, 7) is 3.19. The summed E-state index contributed by atoms with van der Waals surface area (Å²) < 4.78 is 18.7. The molecule has 2 aromatic carbocycles. The Kier molecular flexibility index (Phi) is 6.20. The standard InChI is InChI=1S/C20H24FN3O2/c1-26-19-8-3-2-7-17(19)18-14-22-10-12-24(18)11-9-20(25)23-16-6-4-5-15(21)13-16/h2-8,13,18,22H,9-12,14H2,1H3,(H,23,25). The number of hydrogen-bond acceptors (Lipinski definition) is 4. The third kappa shape index (κ3) is 4.59. The zero-order chi connectivity index (χ0) is 18.4. The average Bonchev–Trinajstić information content (AvgIpc) is 2.66. The third-order valence-electron chi connectivity index (χ3n) is 4.59. The number of halogens is 1. The molecule has 0 radical (unpaired) electrons. The normalized spacial score (nSPS) is 17.7. The van der Waals surface area contributed by atoms with Crippen LogP contribution in [0.2, 0.25) is 0 Å². The highest BCUT2D eigenvalue weighted by atomic mass is 19.1. The van der Waals surface area contributed by atoms with Gasteiger partial charge in [0.25, 0.3) is 0 Å². The lowest BCUT2D eigenvalue weighted by Gasteiger charge is -2.37. The number of carbonyl (C=O) groups is 1. The zero-order valence-electron chi connectivity index (χ0n) is 14.9. The van der Waals surface area contributed by atoms with E-state index >= 15 is 0 Å². The molecule has 0 spiro atoms. The first-order valence-electron chi connectivity index (χ1n) is 8.80. The molecule has 6 heteroatoms. The van der Waals surface area contributed by atoms with E-state index in [9.17, 15) is 9.18 Å². The van der Waals surface area contributed by atoms with E-state index in [1.807, 2.05) is 18.2 Å². The third-order valence-corrected chi connectivity index (χ3v) is 4.59. The number of hydrogen-bond donors (Lipinski definition) is 2. The molecule has 3 rings (SSSR count). The molecular formula is C20H24FN3O2. The second-order valence-corrected chi connectivity index (χ2v) is 6.31. The second kappa shape index (κ2) is 8.78. The van der Waals surface area contributed by atoms with Gasteiger partial charge in [-0.15, -0.1) is 0 Å². The molecule has 1 amide bonds. The number of ether oxygens (including phenoxy) is 1. The van der Waals surface area contributed by atoms with Crippen molar-refractivity contribution in [3.05, 3.63) is 59.9 Å². The molecule has 0 aliphatic carbocycles. The Morgan fingerprint density at radius 1 is 1.31 bits per heavy atom. The van der Waals surface area contributed by atoms with Crippen molar-refractivity contribution in [2.24, 2.45) is 0 Å². The lowest BCUT2D eigenvalue weighted by atomic mass is 10.0. The van der Waals surface area contributed by atoms with Gasteiger partial charge in [0.15, 0.2) is 0 Å². The Balaban J connectivity index is 1.62. The van der Waals surface area contributed by atoms with Crippen LogP contribution >= 0.6 is 0 Å². The van der Waals surface area contributed by atoms with Crippen LogP contribution in [0.3, 0.4) is 0 Å². The molecule has 1 aliphatic rings. The Labute approximate surface area is 153 Å². The Hall–Kier alpha value is -2.44. The molecule has 2 N–H and O–H groups in total. The monoisotopic (exact) mass is 357 g/mol. The van der Waals surface area contributed by atoms with Gasteiger partial charge < -0.3 is 15.4 Å². The van der Waals surface area contributed by atoms with Gasteiger partial charge >= 0.3 is 0 Å². The summed E-state index contributed by atoms with van der Waals surface area (Å²) in [5, 5.41) is 6.16. The lowest BCUT2D eigenvalue weighted by Crippen LogP contribution is -2.46. The first kappa shape index (κ1) is 18.4. The number of nitrogens with one attached hydrogen (secondary N) is 2. The smallest absolute Gasteiger partial charge is 0.225 e. The van der Waals surface area contributed by atoms with Crippen LogP contribution in [0.4, 0.5) is 10.1 Å². The highest BCUT2D eigenvalue weighted by molar-refractivity contribution is 5.90. The van der Waals surface area contributed by atoms with Crippen molar-refractivity contribution in [2.45, 2.75) is 12.5 Å². The fourth-order valence-corrected chi connectivity index (χ4v) is 3.30. The van der Waals surface area contributed by atoms with Gasteiger partial charge in [0, 0.05) is 43.9 Å². The Morgan fingerprint density at radius 3 is 2.96 bits per heavy atom. The van der Waals surface area contributed by atoms with Gasteiger partial charge in [-0.25, -0.2) is 4.39 Å². The topological polar surface area (TPSA) is 53.6 Å². The summed E-state index contributed by atoms with van der Waals surface area (Å²) in [6, 6.07) is 14.1. The summed E-state index contributed by atoms with van der Waals surface area (Å²) in [6.07, 6.45) is 0.349. The van der Waals surface area contributed by atoms with Crippen LogP contribution in [0.15, 0.2) is 48.5 Å². The molecule has 26 heavy (non-hydrogen) atoms. The maximum atomic E-state index is 13.2. The number of rotatable bonds is 6. The van der Waals surface area contributed by atoms with E-state index in [-0.39, 0.29) is 17.8 Å². The van der Waals surface area contributed by atoms with Gasteiger partial charge in [0.2, 0.25) is 5.91 Å². The van der Waals surface area contributed by atoms with Crippen molar-refractivity contribution >= 4 is 11.6 Å². The number of benzene rings is 2. The van der Waals surface area contributed by atoms with E-state index in [0.29, 0.717) is 18.7 Å². The minimum atomic E-state index is -0.360. The molecule has 138 valence electrons. The number of methoxy groups -OCH3 is 1. The molecule has 0 aromatic heterocycles. The van der Waals surface area contributed by atoms with Crippen LogP contribution in [0.25, 0.3) is 0 Å². The number of carbonyl (C=O) groups excluding carboxylic acids is 1. The van der Waals surface area contributed by atoms with E-state index in [1.54, 1.807) is 19.2 Å². The van der Waals surface area contributed by atoms with Gasteiger partial charge in [-0.05, 0) is 24.3 Å². The maximum absolute atomic E-state index is 13.2.